The van der Waals surface area contributed by atoms with Crippen LogP contribution in [0.15, 0.2) is 24.3 Å². The standard InChI is InChI=1S/C21H25N3O4/c1-14-8-20(2,3)13-21(9-14)18(26)24(19(27)23-21)11-17(25)28-12-16-6-4-5-15(7-16)10-22/h4-7,14H,8-9,11-13H2,1-3H3,(H,23,27)/t14-,21-/m1/s1. The maximum Gasteiger partial charge on any atom is 0.326 e. The van der Waals surface area contributed by atoms with Crippen molar-refractivity contribution in [2.45, 2.75) is 52.2 Å². The van der Waals surface area contributed by atoms with Crippen LogP contribution in [0.4, 0.5) is 4.79 Å². The summed E-state index contributed by atoms with van der Waals surface area (Å²) in [6.07, 6.45) is 2.12. The molecule has 1 saturated carbocycles. The highest BCUT2D eigenvalue weighted by molar-refractivity contribution is 6.08. The van der Waals surface area contributed by atoms with Crippen molar-refractivity contribution in [1.29, 1.82) is 5.26 Å². The van der Waals surface area contributed by atoms with Crippen molar-refractivity contribution in [3.05, 3.63) is 35.4 Å². The molecule has 3 amide bonds. The Morgan fingerprint density at radius 1 is 1.36 bits per heavy atom. The third-order valence-corrected chi connectivity index (χ3v) is 5.37. The second-order valence-corrected chi connectivity index (χ2v) is 8.73. The van der Waals surface area contributed by atoms with Gasteiger partial charge >= 0.3 is 12.0 Å². The Bertz CT molecular complexity index is 857. The molecule has 1 heterocycles. The molecule has 7 heteroatoms. The molecular formula is C21H25N3O4. The number of urea groups is 1. The average molecular weight is 383 g/mol. The molecule has 0 unspecified atom stereocenters. The highest BCUT2D eigenvalue weighted by Crippen LogP contribution is 2.46. The first-order valence-corrected chi connectivity index (χ1v) is 9.43. The zero-order valence-corrected chi connectivity index (χ0v) is 16.4. The van der Waals surface area contributed by atoms with Crippen molar-refractivity contribution in [3.63, 3.8) is 0 Å². The SMILES string of the molecule is C[C@@H]1CC(C)(C)C[C@@]2(C1)NC(=O)N(CC(=O)OCc1cccc(C#N)c1)C2=O. The summed E-state index contributed by atoms with van der Waals surface area (Å²) in [7, 11) is 0. The Kier molecular flexibility index (Phi) is 5.16. The summed E-state index contributed by atoms with van der Waals surface area (Å²) in [6.45, 7) is 5.83. The van der Waals surface area contributed by atoms with Gasteiger partial charge in [0.2, 0.25) is 0 Å². The number of imide groups is 1. The Hall–Kier alpha value is -2.88. The monoisotopic (exact) mass is 383 g/mol. The normalized spacial score (nSPS) is 26.1. The first-order chi connectivity index (χ1) is 13.1. The quantitative estimate of drug-likeness (QED) is 0.637. The Labute approximate surface area is 164 Å². The van der Waals surface area contributed by atoms with Gasteiger partial charge in [-0.15, -0.1) is 0 Å². The molecule has 1 spiro atoms. The van der Waals surface area contributed by atoms with Crippen LogP contribution in [0.25, 0.3) is 0 Å². The third-order valence-electron chi connectivity index (χ3n) is 5.37. The number of nitrogens with one attached hydrogen (secondary N) is 1. The topological polar surface area (TPSA) is 99.5 Å². The molecule has 0 aromatic heterocycles. The maximum atomic E-state index is 13.0. The number of carbonyl (C=O) groups is 3. The lowest BCUT2D eigenvalue weighted by atomic mass is 9.64. The van der Waals surface area contributed by atoms with E-state index in [4.69, 9.17) is 10.00 Å². The summed E-state index contributed by atoms with van der Waals surface area (Å²) in [4.78, 5) is 38.6. The number of amides is 3. The van der Waals surface area contributed by atoms with E-state index >= 15 is 0 Å². The van der Waals surface area contributed by atoms with E-state index in [0.29, 0.717) is 29.9 Å². The van der Waals surface area contributed by atoms with Crippen molar-refractivity contribution >= 4 is 17.9 Å². The van der Waals surface area contributed by atoms with Gasteiger partial charge in [0, 0.05) is 0 Å². The molecule has 28 heavy (non-hydrogen) atoms. The fraction of sp³-hybridized carbons (Fsp3) is 0.524. The highest BCUT2D eigenvalue weighted by atomic mass is 16.5. The van der Waals surface area contributed by atoms with Gasteiger partial charge in [-0.25, -0.2) is 4.79 Å². The van der Waals surface area contributed by atoms with Crippen LogP contribution < -0.4 is 5.32 Å². The van der Waals surface area contributed by atoms with Gasteiger partial charge in [-0.3, -0.25) is 14.5 Å². The number of benzene rings is 1. The van der Waals surface area contributed by atoms with Crippen molar-refractivity contribution in [2.24, 2.45) is 11.3 Å². The van der Waals surface area contributed by atoms with E-state index in [-0.39, 0.29) is 17.9 Å². The second-order valence-electron chi connectivity index (χ2n) is 8.73. The molecule has 2 atom stereocenters. The van der Waals surface area contributed by atoms with Crippen molar-refractivity contribution in [2.75, 3.05) is 6.54 Å². The van der Waals surface area contributed by atoms with E-state index in [1.807, 2.05) is 6.07 Å². The van der Waals surface area contributed by atoms with Crippen LogP contribution in [-0.2, 0) is 20.9 Å². The number of esters is 1. The number of ether oxygens (including phenoxy) is 1. The molecule has 2 aliphatic rings. The minimum absolute atomic E-state index is 0.0206. The van der Waals surface area contributed by atoms with Crippen LogP contribution in [0, 0.1) is 22.7 Å². The smallest absolute Gasteiger partial charge is 0.326 e. The van der Waals surface area contributed by atoms with Gasteiger partial charge in [0.1, 0.15) is 18.7 Å². The lowest BCUT2D eigenvalue weighted by Gasteiger charge is -2.43. The van der Waals surface area contributed by atoms with Crippen LogP contribution in [0.2, 0.25) is 0 Å². The summed E-state index contributed by atoms with van der Waals surface area (Å²) in [5.74, 6) is -0.709. The lowest BCUT2D eigenvalue weighted by molar-refractivity contribution is -0.149. The van der Waals surface area contributed by atoms with Crippen molar-refractivity contribution in [3.8, 4) is 6.07 Å². The molecule has 0 bridgehead atoms. The molecule has 7 nitrogen and oxygen atoms in total. The fourth-order valence-corrected chi connectivity index (χ4v) is 4.72. The van der Waals surface area contributed by atoms with Gasteiger partial charge in [-0.1, -0.05) is 32.9 Å². The van der Waals surface area contributed by atoms with Gasteiger partial charge < -0.3 is 10.1 Å². The number of hydrogen-bond donors (Lipinski definition) is 1. The van der Waals surface area contributed by atoms with E-state index in [0.717, 1.165) is 11.3 Å². The van der Waals surface area contributed by atoms with E-state index in [9.17, 15) is 14.4 Å². The van der Waals surface area contributed by atoms with Crippen LogP contribution >= 0.6 is 0 Å². The zero-order chi connectivity index (χ0) is 20.5. The molecule has 1 aromatic carbocycles. The summed E-state index contributed by atoms with van der Waals surface area (Å²) in [5.41, 5.74) is 0.144. The van der Waals surface area contributed by atoms with Crippen molar-refractivity contribution < 1.29 is 19.1 Å². The summed E-state index contributed by atoms with van der Waals surface area (Å²) in [6, 6.07) is 8.20. The number of nitrogens with zero attached hydrogens (tertiary/aromatic N) is 2. The fourth-order valence-electron chi connectivity index (χ4n) is 4.72. The molecule has 1 saturated heterocycles. The Morgan fingerprint density at radius 2 is 2.11 bits per heavy atom. The van der Waals surface area contributed by atoms with E-state index in [1.165, 1.54) is 0 Å². The summed E-state index contributed by atoms with van der Waals surface area (Å²) < 4.78 is 5.20. The van der Waals surface area contributed by atoms with Crippen LogP contribution in [-0.4, -0.2) is 34.9 Å². The van der Waals surface area contributed by atoms with Crippen LogP contribution in [0.1, 0.15) is 51.2 Å². The Morgan fingerprint density at radius 3 is 2.79 bits per heavy atom. The van der Waals surface area contributed by atoms with Crippen LogP contribution in [0.3, 0.4) is 0 Å². The molecule has 1 N–H and O–H groups in total. The first kappa shape index (κ1) is 19.9. The number of carbonyl (C=O) groups excluding carboxylic acids is 3. The average Bonchev–Trinajstić information content (AvgIpc) is 2.81. The molecule has 148 valence electrons. The lowest BCUT2D eigenvalue weighted by Crippen LogP contribution is -2.54. The predicted molar refractivity (Wildman–Crippen MR) is 101 cm³/mol. The third kappa shape index (κ3) is 4.01. The minimum atomic E-state index is -0.931. The van der Waals surface area contributed by atoms with E-state index in [2.05, 4.69) is 26.1 Å². The molecule has 0 radical (unpaired) electrons. The van der Waals surface area contributed by atoms with Gasteiger partial charge in [-0.2, -0.15) is 5.26 Å². The van der Waals surface area contributed by atoms with E-state index < -0.39 is 24.1 Å². The highest BCUT2D eigenvalue weighted by Gasteiger charge is 2.56. The first-order valence-electron chi connectivity index (χ1n) is 9.43. The molecule has 1 aliphatic heterocycles. The van der Waals surface area contributed by atoms with Gasteiger partial charge in [-0.05, 0) is 48.3 Å². The predicted octanol–water partition coefficient (Wildman–Crippen LogP) is 2.74. The second kappa shape index (κ2) is 7.27. The van der Waals surface area contributed by atoms with Crippen LogP contribution in [0.5, 0.6) is 0 Å². The van der Waals surface area contributed by atoms with Gasteiger partial charge in [0.25, 0.3) is 5.91 Å². The summed E-state index contributed by atoms with van der Waals surface area (Å²) >= 11 is 0. The van der Waals surface area contributed by atoms with Gasteiger partial charge in [0.15, 0.2) is 0 Å². The molecule has 1 aliphatic carbocycles. The Balaban J connectivity index is 1.64. The molecule has 3 rings (SSSR count). The zero-order valence-electron chi connectivity index (χ0n) is 16.4. The van der Waals surface area contributed by atoms with Gasteiger partial charge in [0.05, 0.1) is 11.6 Å². The number of rotatable bonds is 4. The minimum Gasteiger partial charge on any atom is -0.459 e. The summed E-state index contributed by atoms with van der Waals surface area (Å²) in [5, 5.41) is 11.8. The largest absolute Gasteiger partial charge is 0.459 e. The maximum absolute atomic E-state index is 13.0. The number of nitriles is 1. The molecular weight excluding hydrogens is 358 g/mol. The van der Waals surface area contributed by atoms with Crippen molar-refractivity contribution in [1.82, 2.24) is 10.2 Å². The van der Waals surface area contributed by atoms with E-state index in [1.54, 1.807) is 24.3 Å². The molecule has 1 aromatic rings. The molecule has 2 fully saturated rings. The number of hydrogen-bond acceptors (Lipinski definition) is 5.